The van der Waals surface area contributed by atoms with Gasteiger partial charge >= 0.3 is 5.97 Å². The van der Waals surface area contributed by atoms with Crippen molar-refractivity contribution in [3.8, 4) is 5.75 Å². The van der Waals surface area contributed by atoms with Crippen molar-refractivity contribution in [2.24, 2.45) is 0 Å². The summed E-state index contributed by atoms with van der Waals surface area (Å²) in [7, 11) is 0. The predicted molar refractivity (Wildman–Crippen MR) is 91.9 cm³/mol. The summed E-state index contributed by atoms with van der Waals surface area (Å²) in [5.74, 6) is 0.335. The smallest absolute Gasteiger partial charge is 0.350 e. The van der Waals surface area contributed by atoms with Gasteiger partial charge in [-0.25, -0.2) is 4.79 Å². The summed E-state index contributed by atoms with van der Waals surface area (Å²) < 4.78 is 11.4. The van der Waals surface area contributed by atoms with Crippen LogP contribution in [0.15, 0.2) is 12.1 Å². The largest absolute Gasteiger partial charge is 0.476 e. The molecule has 0 radical (unpaired) electrons. The molecule has 1 N–H and O–H groups in total. The summed E-state index contributed by atoms with van der Waals surface area (Å²) in [6.45, 7) is 13.1. The average molecular weight is 322 g/mol. The molecule has 1 aromatic rings. The molecule has 0 saturated carbocycles. The first kappa shape index (κ1) is 19.5. The first-order chi connectivity index (χ1) is 10.5. The van der Waals surface area contributed by atoms with Gasteiger partial charge in [0.05, 0.1) is 0 Å². The van der Waals surface area contributed by atoms with Crippen molar-refractivity contribution in [3.05, 3.63) is 28.8 Å². The van der Waals surface area contributed by atoms with Gasteiger partial charge in [0, 0.05) is 6.61 Å². The van der Waals surface area contributed by atoms with Crippen LogP contribution in [0.4, 0.5) is 0 Å². The minimum Gasteiger partial charge on any atom is -0.476 e. The van der Waals surface area contributed by atoms with Crippen molar-refractivity contribution < 1.29 is 19.4 Å². The molecule has 0 bridgehead atoms. The summed E-state index contributed by atoms with van der Waals surface area (Å²) in [6.07, 6.45) is 1.57. The first-order valence-electron chi connectivity index (χ1n) is 8.10. The van der Waals surface area contributed by atoms with E-state index in [0.717, 1.165) is 29.5 Å². The molecule has 0 unspecified atom stereocenters. The van der Waals surface area contributed by atoms with Gasteiger partial charge < -0.3 is 14.6 Å². The lowest BCUT2D eigenvalue weighted by Gasteiger charge is -2.30. The molecule has 0 fully saturated rings. The Hall–Kier alpha value is -1.55. The van der Waals surface area contributed by atoms with Gasteiger partial charge in [0.15, 0.2) is 5.60 Å². The third kappa shape index (κ3) is 5.87. The number of esters is 1. The summed E-state index contributed by atoms with van der Waals surface area (Å²) in [5.41, 5.74) is 1.52. The number of rotatable bonds is 6. The van der Waals surface area contributed by atoms with Crippen LogP contribution in [0.3, 0.4) is 0 Å². The van der Waals surface area contributed by atoms with Crippen LogP contribution in [0.5, 0.6) is 5.75 Å². The Kier molecular flexibility index (Phi) is 6.23. The number of hydrogen-bond acceptors (Lipinski definition) is 4. The molecule has 0 heterocycles. The molecular formula is C19H30O4. The average Bonchev–Trinajstić information content (AvgIpc) is 2.38. The zero-order valence-electron chi connectivity index (χ0n) is 15.4. The summed E-state index contributed by atoms with van der Waals surface area (Å²) >= 11 is 0. The van der Waals surface area contributed by atoms with E-state index in [9.17, 15) is 4.79 Å². The normalized spacial score (nSPS) is 12.2. The van der Waals surface area contributed by atoms with Crippen LogP contribution >= 0.6 is 0 Å². The second-order valence-corrected chi connectivity index (χ2v) is 7.50. The fourth-order valence-electron chi connectivity index (χ4n) is 2.33. The van der Waals surface area contributed by atoms with Crippen molar-refractivity contribution in [1.29, 1.82) is 0 Å². The maximum absolute atomic E-state index is 12.3. The molecular weight excluding hydrogens is 292 g/mol. The Morgan fingerprint density at radius 1 is 1.09 bits per heavy atom. The third-order valence-electron chi connectivity index (χ3n) is 3.39. The third-order valence-corrected chi connectivity index (χ3v) is 3.39. The molecule has 0 amide bonds. The minimum absolute atomic E-state index is 0.183. The monoisotopic (exact) mass is 322 g/mol. The SMILES string of the molecule is Cc1cc(CCCO)cc(C)c1OC(C)(C)C(=O)OC(C)(C)C. The topological polar surface area (TPSA) is 55.8 Å². The number of carbonyl (C=O) groups excluding carboxylic acids is 1. The van der Waals surface area contributed by atoms with Crippen molar-refractivity contribution >= 4 is 5.97 Å². The van der Waals surface area contributed by atoms with Crippen LogP contribution in [-0.2, 0) is 16.0 Å². The van der Waals surface area contributed by atoms with Crippen molar-refractivity contribution in [1.82, 2.24) is 0 Å². The lowest BCUT2D eigenvalue weighted by atomic mass is 10.0. The van der Waals surface area contributed by atoms with Crippen LogP contribution in [0.25, 0.3) is 0 Å². The predicted octanol–water partition coefficient (Wildman–Crippen LogP) is 3.73. The van der Waals surface area contributed by atoms with Gasteiger partial charge in [-0.1, -0.05) is 12.1 Å². The standard InChI is InChI=1S/C19H30O4/c1-13-11-15(9-8-10-20)12-14(2)16(13)22-19(6,7)17(21)23-18(3,4)5/h11-12,20H,8-10H2,1-7H3. The van der Waals surface area contributed by atoms with Gasteiger partial charge in [-0.15, -0.1) is 0 Å². The summed E-state index contributed by atoms with van der Waals surface area (Å²) in [5, 5.41) is 8.95. The fraction of sp³-hybridized carbons (Fsp3) is 0.632. The molecule has 1 rings (SSSR count). The molecule has 0 aromatic heterocycles. The highest BCUT2D eigenvalue weighted by atomic mass is 16.6. The van der Waals surface area contributed by atoms with E-state index in [-0.39, 0.29) is 12.6 Å². The van der Waals surface area contributed by atoms with E-state index in [1.54, 1.807) is 13.8 Å². The summed E-state index contributed by atoms with van der Waals surface area (Å²) in [4.78, 5) is 12.3. The Morgan fingerprint density at radius 2 is 1.61 bits per heavy atom. The highest BCUT2D eigenvalue weighted by molar-refractivity contribution is 5.79. The lowest BCUT2D eigenvalue weighted by molar-refractivity contribution is -0.171. The molecule has 0 atom stereocenters. The van der Waals surface area contributed by atoms with Crippen LogP contribution in [0.1, 0.15) is 57.7 Å². The van der Waals surface area contributed by atoms with Crippen LogP contribution < -0.4 is 4.74 Å². The van der Waals surface area contributed by atoms with Crippen LogP contribution in [0, 0.1) is 13.8 Å². The van der Waals surface area contributed by atoms with Crippen molar-refractivity contribution in [3.63, 3.8) is 0 Å². The van der Waals surface area contributed by atoms with Gasteiger partial charge in [-0.2, -0.15) is 0 Å². The first-order valence-corrected chi connectivity index (χ1v) is 8.10. The minimum atomic E-state index is -1.06. The molecule has 4 heteroatoms. The number of carbonyl (C=O) groups is 1. The second-order valence-electron chi connectivity index (χ2n) is 7.50. The number of hydrogen-bond donors (Lipinski definition) is 1. The maximum Gasteiger partial charge on any atom is 0.350 e. The molecule has 4 nitrogen and oxygen atoms in total. The number of aliphatic hydroxyl groups is 1. The van der Waals surface area contributed by atoms with Gasteiger partial charge in [0.2, 0.25) is 0 Å². The zero-order valence-corrected chi connectivity index (χ0v) is 15.4. The molecule has 23 heavy (non-hydrogen) atoms. The Morgan fingerprint density at radius 3 is 2.04 bits per heavy atom. The molecule has 0 aliphatic heterocycles. The number of benzene rings is 1. The lowest BCUT2D eigenvalue weighted by Crippen LogP contribution is -2.43. The Labute approximate surface area is 139 Å². The number of ether oxygens (including phenoxy) is 2. The van der Waals surface area contributed by atoms with E-state index >= 15 is 0 Å². The van der Waals surface area contributed by atoms with Crippen molar-refractivity contribution in [2.75, 3.05) is 6.61 Å². The van der Waals surface area contributed by atoms with Gasteiger partial charge in [0.25, 0.3) is 0 Å². The quantitative estimate of drug-likeness (QED) is 0.811. The highest BCUT2D eigenvalue weighted by Gasteiger charge is 2.35. The fourth-order valence-corrected chi connectivity index (χ4v) is 2.33. The molecule has 0 aliphatic rings. The van der Waals surface area contributed by atoms with E-state index in [2.05, 4.69) is 0 Å². The van der Waals surface area contributed by atoms with Crippen molar-refractivity contribution in [2.45, 2.75) is 72.5 Å². The van der Waals surface area contributed by atoms with Gasteiger partial charge in [-0.05, 0) is 78.0 Å². The van der Waals surface area contributed by atoms with E-state index in [1.165, 1.54) is 0 Å². The van der Waals surface area contributed by atoms with E-state index in [4.69, 9.17) is 14.6 Å². The van der Waals surface area contributed by atoms with Crippen LogP contribution in [-0.4, -0.2) is 28.9 Å². The molecule has 0 aliphatic carbocycles. The molecule has 130 valence electrons. The van der Waals surface area contributed by atoms with E-state index < -0.39 is 11.2 Å². The van der Waals surface area contributed by atoms with Gasteiger partial charge in [-0.3, -0.25) is 0 Å². The molecule has 0 spiro atoms. The van der Waals surface area contributed by atoms with E-state index in [0.29, 0.717) is 5.75 Å². The maximum atomic E-state index is 12.3. The van der Waals surface area contributed by atoms with E-state index in [1.807, 2.05) is 46.8 Å². The Bertz CT molecular complexity index is 530. The Balaban J connectivity index is 2.97. The number of aryl methyl sites for hydroxylation is 3. The molecule has 1 aromatic carbocycles. The van der Waals surface area contributed by atoms with Gasteiger partial charge in [0.1, 0.15) is 11.4 Å². The summed E-state index contributed by atoms with van der Waals surface area (Å²) in [6, 6.07) is 4.09. The zero-order chi connectivity index (χ0) is 17.8. The highest BCUT2D eigenvalue weighted by Crippen LogP contribution is 2.30. The second kappa shape index (κ2) is 7.35. The number of aliphatic hydroxyl groups excluding tert-OH is 1. The van der Waals surface area contributed by atoms with Crippen LogP contribution in [0.2, 0.25) is 0 Å². The molecule has 0 saturated heterocycles.